The van der Waals surface area contributed by atoms with Crippen molar-refractivity contribution in [3.05, 3.63) is 35.4 Å². The summed E-state index contributed by atoms with van der Waals surface area (Å²) < 4.78 is 10.9. The lowest BCUT2D eigenvalue weighted by Gasteiger charge is -2.26. The van der Waals surface area contributed by atoms with Gasteiger partial charge in [-0.25, -0.2) is 0 Å². The van der Waals surface area contributed by atoms with Gasteiger partial charge in [-0.15, -0.1) is 0 Å². The molecule has 128 valence electrons. The minimum atomic E-state index is -0.456. The van der Waals surface area contributed by atoms with Gasteiger partial charge in [-0.3, -0.25) is 4.79 Å². The molecule has 0 saturated carbocycles. The van der Waals surface area contributed by atoms with Gasteiger partial charge >= 0.3 is 0 Å². The van der Waals surface area contributed by atoms with Crippen molar-refractivity contribution in [2.75, 3.05) is 19.8 Å². The molecular formula is C18H28N2O3. The Balaban J connectivity index is 1.85. The molecule has 0 aromatic heterocycles. The molecule has 1 aliphatic rings. The van der Waals surface area contributed by atoms with E-state index in [4.69, 9.17) is 15.2 Å². The minimum Gasteiger partial charge on any atom is -0.381 e. The van der Waals surface area contributed by atoms with Crippen LogP contribution in [0, 0.1) is 5.92 Å². The molecule has 3 N–H and O–H groups in total. The quantitative estimate of drug-likeness (QED) is 0.718. The monoisotopic (exact) mass is 320 g/mol. The first-order valence-corrected chi connectivity index (χ1v) is 8.48. The second kappa shape index (κ2) is 9.65. The van der Waals surface area contributed by atoms with E-state index in [1.165, 1.54) is 0 Å². The fraction of sp³-hybridized carbons (Fsp3) is 0.611. The number of hydrogen-bond acceptors (Lipinski definition) is 4. The Bertz CT molecular complexity index is 487. The van der Waals surface area contributed by atoms with Crippen molar-refractivity contribution < 1.29 is 14.3 Å². The standard InChI is InChI=1S/C18H28N2O3/c1-2-9-23-13-16-6-4-3-5-15(16)12-20-18(21)17(19)14-7-10-22-11-8-14/h3-6,14,17H,2,7-13,19H2,1H3,(H,20,21). The molecule has 1 aliphatic heterocycles. The van der Waals surface area contributed by atoms with E-state index < -0.39 is 6.04 Å². The van der Waals surface area contributed by atoms with Crippen LogP contribution in [0.15, 0.2) is 24.3 Å². The molecule has 1 fully saturated rings. The SMILES string of the molecule is CCCOCc1ccccc1CNC(=O)C(N)C1CCOCC1. The number of benzene rings is 1. The van der Waals surface area contributed by atoms with E-state index >= 15 is 0 Å². The molecule has 1 unspecified atom stereocenters. The highest BCUT2D eigenvalue weighted by molar-refractivity contribution is 5.81. The highest BCUT2D eigenvalue weighted by Crippen LogP contribution is 2.18. The lowest BCUT2D eigenvalue weighted by atomic mass is 9.92. The summed E-state index contributed by atoms with van der Waals surface area (Å²) in [4.78, 5) is 12.3. The van der Waals surface area contributed by atoms with Crippen LogP contribution >= 0.6 is 0 Å². The van der Waals surface area contributed by atoms with Gasteiger partial charge in [0, 0.05) is 26.4 Å². The molecule has 23 heavy (non-hydrogen) atoms. The maximum atomic E-state index is 12.3. The van der Waals surface area contributed by atoms with Crippen molar-refractivity contribution in [2.24, 2.45) is 11.7 Å². The molecule has 1 atom stereocenters. The van der Waals surface area contributed by atoms with Crippen LogP contribution in [0.25, 0.3) is 0 Å². The summed E-state index contributed by atoms with van der Waals surface area (Å²) in [5, 5.41) is 2.97. The van der Waals surface area contributed by atoms with Crippen LogP contribution in [0.4, 0.5) is 0 Å². The van der Waals surface area contributed by atoms with Crippen molar-refractivity contribution in [1.29, 1.82) is 0 Å². The molecule has 1 aromatic rings. The molecule has 1 aromatic carbocycles. The van der Waals surface area contributed by atoms with Crippen molar-refractivity contribution in [3.8, 4) is 0 Å². The van der Waals surface area contributed by atoms with E-state index in [0.717, 1.165) is 37.0 Å². The zero-order chi connectivity index (χ0) is 16.5. The summed E-state index contributed by atoms with van der Waals surface area (Å²) >= 11 is 0. The Morgan fingerprint density at radius 2 is 2.04 bits per heavy atom. The van der Waals surface area contributed by atoms with Crippen LogP contribution in [0.5, 0.6) is 0 Å². The van der Waals surface area contributed by atoms with Crippen LogP contribution in [0.2, 0.25) is 0 Å². The van der Waals surface area contributed by atoms with Gasteiger partial charge < -0.3 is 20.5 Å². The predicted molar refractivity (Wildman–Crippen MR) is 89.8 cm³/mol. The number of nitrogens with one attached hydrogen (secondary N) is 1. The number of hydrogen-bond donors (Lipinski definition) is 2. The first-order valence-electron chi connectivity index (χ1n) is 8.48. The fourth-order valence-corrected chi connectivity index (χ4v) is 2.79. The van der Waals surface area contributed by atoms with Gasteiger partial charge in [-0.2, -0.15) is 0 Å². The third kappa shape index (κ3) is 5.61. The van der Waals surface area contributed by atoms with Crippen molar-refractivity contribution in [3.63, 3.8) is 0 Å². The van der Waals surface area contributed by atoms with Gasteiger partial charge in [-0.1, -0.05) is 31.2 Å². The molecule has 2 rings (SSSR count). The van der Waals surface area contributed by atoms with Crippen molar-refractivity contribution in [1.82, 2.24) is 5.32 Å². The third-order valence-corrected chi connectivity index (χ3v) is 4.25. The molecular weight excluding hydrogens is 292 g/mol. The normalized spacial score (nSPS) is 17.0. The molecule has 5 nitrogen and oxygen atoms in total. The van der Waals surface area contributed by atoms with Gasteiger partial charge in [-0.05, 0) is 36.3 Å². The maximum absolute atomic E-state index is 12.3. The molecule has 1 heterocycles. The smallest absolute Gasteiger partial charge is 0.237 e. The van der Waals surface area contributed by atoms with Gasteiger partial charge in [0.15, 0.2) is 0 Å². The Hall–Kier alpha value is -1.43. The van der Waals surface area contributed by atoms with Crippen LogP contribution in [0.1, 0.15) is 37.3 Å². The van der Waals surface area contributed by atoms with E-state index in [1.807, 2.05) is 24.3 Å². The summed E-state index contributed by atoms with van der Waals surface area (Å²) in [5.74, 6) is 0.132. The van der Waals surface area contributed by atoms with E-state index in [1.54, 1.807) is 0 Å². The highest BCUT2D eigenvalue weighted by atomic mass is 16.5. The predicted octanol–water partition coefficient (Wildman–Crippen LogP) is 1.98. The molecule has 1 saturated heterocycles. The van der Waals surface area contributed by atoms with Gasteiger partial charge in [0.05, 0.1) is 12.6 Å². The number of carbonyl (C=O) groups excluding carboxylic acids is 1. The lowest BCUT2D eigenvalue weighted by Crippen LogP contribution is -2.46. The fourth-order valence-electron chi connectivity index (χ4n) is 2.79. The van der Waals surface area contributed by atoms with Gasteiger partial charge in [0.1, 0.15) is 0 Å². The first kappa shape index (κ1) is 17.9. The average molecular weight is 320 g/mol. The average Bonchev–Trinajstić information content (AvgIpc) is 2.61. The molecule has 1 amide bonds. The highest BCUT2D eigenvalue weighted by Gasteiger charge is 2.26. The summed E-state index contributed by atoms with van der Waals surface area (Å²) in [6.45, 7) is 5.29. The summed E-state index contributed by atoms with van der Waals surface area (Å²) in [6, 6.07) is 7.57. The number of carbonyl (C=O) groups is 1. The molecule has 0 spiro atoms. The molecule has 0 bridgehead atoms. The van der Waals surface area contributed by atoms with Crippen LogP contribution in [0.3, 0.4) is 0 Å². The Labute approximate surface area is 138 Å². The Morgan fingerprint density at radius 1 is 1.35 bits per heavy atom. The van der Waals surface area contributed by atoms with E-state index in [0.29, 0.717) is 26.4 Å². The van der Waals surface area contributed by atoms with E-state index in [2.05, 4.69) is 12.2 Å². The molecule has 0 radical (unpaired) electrons. The summed E-state index contributed by atoms with van der Waals surface area (Å²) in [5.41, 5.74) is 8.29. The summed E-state index contributed by atoms with van der Waals surface area (Å²) in [6.07, 6.45) is 2.71. The van der Waals surface area contributed by atoms with Gasteiger partial charge in [0.2, 0.25) is 5.91 Å². The van der Waals surface area contributed by atoms with Gasteiger partial charge in [0.25, 0.3) is 0 Å². The lowest BCUT2D eigenvalue weighted by molar-refractivity contribution is -0.124. The Kier molecular flexibility index (Phi) is 7.52. The molecule has 0 aliphatic carbocycles. The number of nitrogens with two attached hydrogens (primary N) is 1. The van der Waals surface area contributed by atoms with Crippen LogP contribution in [-0.4, -0.2) is 31.8 Å². The maximum Gasteiger partial charge on any atom is 0.237 e. The Morgan fingerprint density at radius 3 is 2.74 bits per heavy atom. The first-order chi connectivity index (χ1) is 11.2. The minimum absolute atomic E-state index is 0.0822. The third-order valence-electron chi connectivity index (χ3n) is 4.25. The topological polar surface area (TPSA) is 73.6 Å². The van der Waals surface area contributed by atoms with Crippen molar-refractivity contribution >= 4 is 5.91 Å². The van der Waals surface area contributed by atoms with Crippen molar-refractivity contribution in [2.45, 2.75) is 45.4 Å². The zero-order valence-corrected chi connectivity index (χ0v) is 13.9. The number of rotatable bonds is 8. The number of amides is 1. The summed E-state index contributed by atoms with van der Waals surface area (Å²) in [7, 11) is 0. The largest absolute Gasteiger partial charge is 0.381 e. The van der Waals surface area contributed by atoms with E-state index in [9.17, 15) is 4.79 Å². The van der Waals surface area contributed by atoms with Crippen LogP contribution < -0.4 is 11.1 Å². The zero-order valence-electron chi connectivity index (χ0n) is 13.9. The van der Waals surface area contributed by atoms with Crippen LogP contribution in [-0.2, 0) is 27.4 Å². The second-order valence-electron chi connectivity index (χ2n) is 6.01. The second-order valence-corrected chi connectivity index (χ2v) is 6.01. The van der Waals surface area contributed by atoms with E-state index in [-0.39, 0.29) is 11.8 Å². The molecule has 5 heteroatoms. The number of ether oxygens (including phenoxy) is 2.